The molecule has 0 amide bonds. The van der Waals surface area contributed by atoms with Crippen LogP contribution in [0.1, 0.15) is 12.8 Å². The van der Waals surface area contributed by atoms with Crippen molar-refractivity contribution in [3.8, 4) is 0 Å². The van der Waals surface area contributed by atoms with Gasteiger partial charge in [-0.1, -0.05) is 11.6 Å². The molecule has 1 saturated heterocycles. The third-order valence-electron chi connectivity index (χ3n) is 3.75. The maximum Gasteiger partial charge on any atom is 0.136 e. The minimum Gasteiger partial charge on any atom is -0.397 e. The van der Waals surface area contributed by atoms with Crippen LogP contribution < -0.4 is 16.4 Å². The lowest BCUT2D eigenvalue weighted by Crippen LogP contribution is -2.40. The summed E-state index contributed by atoms with van der Waals surface area (Å²) < 4.78 is 0. The predicted molar refractivity (Wildman–Crippen MR) is 80.6 cm³/mol. The van der Waals surface area contributed by atoms with Crippen LogP contribution in [0.25, 0.3) is 10.8 Å². The summed E-state index contributed by atoms with van der Waals surface area (Å²) in [6.07, 6.45) is 3.79. The maximum atomic E-state index is 6.07. The highest BCUT2D eigenvalue weighted by Gasteiger charge is 2.19. The molecule has 0 aliphatic carbocycles. The third kappa shape index (κ3) is 2.22. The molecular formula is C14H17ClN4. The molecule has 1 aromatic carbocycles. The summed E-state index contributed by atoms with van der Waals surface area (Å²) in [6.45, 7) is 1.88. The first-order valence-corrected chi connectivity index (χ1v) is 6.88. The summed E-state index contributed by atoms with van der Waals surface area (Å²) in [6, 6.07) is 6.05. The van der Waals surface area contributed by atoms with Crippen LogP contribution in [0.2, 0.25) is 5.02 Å². The van der Waals surface area contributed by atoms with Crippen LogP contribution in [0.5, 0.6) is 0 Å². The highest BCUT2D eigenvalue weighted by atomic mass is 35.5. The van der Waals surface area contributed by atoms with Crippen molar-refractivity contribution in [1.29, 1.82) is 0 Å². The Kier molecular flexibility index (Phi) is 3.21. The molecule has 1 fully saturated rings. The van der Waals surface area contributed by atoms with Gasteiger partial charge in [0.05, 0.1) is 10.7 Å². The highest BCUT2D eigenvalue weighted by molar-refractivity contribution is 6.34. The van der Waals surface area contributed by atoms with Crippen molar-refractivity contribution in [3.05, 3.63) is 29.4 Å². The lowest BCUT2D eigenvalue weighted by molar-refractivity contribution is 0.499. The van der Waals surface area contributed by atoms with E-state index in [1.165, 1.54) is 0 Å². The van der Waals surface area contributed by atoms with Crippen LogP contribution in [-0.4, -0.2) is 24.1 Å². The number of benzene rings is 1. The number of hydrogen-bond donors (Lipinski definition) is 2. The average molecular weight is 277 g/mol. The summed E-state index contributed by atoms with van der Waals surface area (Å²) >= 11 is 6.07. The number of halogens is 1. The molecule has 0 bridgehead atoms. The van der Waals surface area contributed by atoms with E-state index in [4.69, 9.17) is 23.1 Å². The van der Waals surface area contributed by atoms with Gasteiger partial charge in [0.15, 0.2) is 0 Å². The fourth-order valence-corrected chi connectivity index (χ4v) is 2.76. The smallest absolute Gasteiger partial charge is 0.136 e. The number of nitrogen functional groups attached to an aromatic ring is 1. The minimum absolute atomic E-state index is 0.311. The van der Waals surface area contributed by atoms with Gasteiger partial charge in [-0.25, -0.2) is 4.98 Å². The van der Waals surface area contributed by atoms with Crippen LogP contribution in [0, 0.1) is 0 Å². The van der Waals surface area contributed by atoms with E-state index in [1.807, 2.05) is 18.2 Å². The first kappa shape index (κ1) is 12.5. The van der Waals surface area contributed by atoms with Crippen molar-refractivity contribution in [2.75, 3.05) is 23.7 Å². The molecule has 0 saturated carbocycles. The van der Waals surface area contributed by atoms with Gasteiger partial charge in [0.25, 0.3) is 0 Å². The fraction of sp³-hybridized carbons (Fsp3) is 0.357. The number of nitrogens with two attached hydrogens (primary N) is 2. The molecular weight excluding hydrogens is 260 g/mol. The van der Waals surface area contributed by atoms with Crippen molar-refractivity contribution in [2.24, 2.45) is 5.73 Å². The second-order valence-electron chi connectivity index (χ2n) is 5.02. The number of rotatable bonds is 1. The largest absolute Gasteiger partial charge is 0.397 e. The Labute approximate surface area is 117 Å². The molecule has 100 valence electrons. The van der Waals surface area contributed by atoms with Crippen LogP contribution in [0.15, 0.2) is 24.4 Å². The van der Waals surface area contributed by atoms with E-state index in [-0.39, 0.29) is 0 Å². The van der Waals surface area contributed by atoms with Gasteiger partial charge in [-0.15, -0.1) is 0 Å². The van der Waals surface area contributed by atoms with Gasteiger partial charge in [-0.3, -0.25) is 0 Å². The van der Waals surface area contributed by atoms with E-state index in [9.17, 15) is 0 Å². The van der Waals surface area contributed by atoms with Crippen molar-refractivity contribution in [3.63, 3.8) is 0 Å². The quantitative estimate of drug-likeness (QED) is 0.785. The SMILES string of the molecule is Nc1c(Cl)ccc2c(N3CCC(N)CC3)nccc12. The minimum atomic E-state index is 0.311. The average Bonchev–Trinajstić information content (AvgIpc) is 2.43. The van der Waals surface area contributed by atoms with Gasteiger partial charge in [-0.05, 0) is 31.0 Å². The Morgan fingerprint density at radius 2 is 1.89 bits per heavy atom. The number of fused-ring (bicyclic) bond motifs is 1. The molecule has 0 unspecified atom stereocenters. The van der Waals surface area contributed by atoms with Gasteiger partial charge < -0.3 is 16.4 Å². The zero-order valence-corrected chi connectivity index (χ0v) is 11.4. The standard InChI is InChI=1S/C14H17ClN4/c15-12-2-1-11-10(13(12)17)3-6-18-14(11)19-7-4-9(16)5-8-19/h1-3,6,9H,4-5,7-8,16-17H2. The van der Waals surface area contributed by atoms with E-state index in [0.717, 1.165) is 42.5 Å². The van der Waals surface area contributed by atoms with Gasteiger partial charge in [0.1, 0.15) is 5.82 Å². The highest BCUT2D eigenvalue weighted by Crippen LogP contribution is 2.33. The van der Waals surface area contributed by atoms with Crippen molar-refractivity contribution >= 4 is 33.9 Å². The van der Waals surface area contributed by atoms with Crippen molar-refractivity contribution < 1.29 is 0 Å². The normalized spacial score (nSPS) is 17.1. The molecule has 1 aromatic heterocycles. The molecule has 1 aliphatic rings. The van der Waals surface area contributed by atoms with E-state index >= 15 is 0 Å². The van der Waals surface area contributed by atoms with Crippen molar-refractivity contribution in [2.45, 2.75) is 18.9 Å². The van der Waals surface area contributed by atoms with E-state index in [1.54, 1.807) is 6.20 Å². The van der Waals surface area contributed by atoms with Crippen LogP contribution >= 0.6 is 11.6 Å². The second kappa shape index (κ2) is 4.87. The van der Waals surface area contributed by atoms with Crippen LogP contribution in [0.3, 0.4) is 0 Å². The van der Waals surface area contributed by atoms with Crippen LogP contribution in [-0.2, 0) is 0 Å². The molecule has 1 aliphatic heterocycles. The summed E-state index contributed by atoms with van der Waals surface area (Å²) in [7, 11) is 0. The van der Waals surface area contributed by atoms with Gasteiger partial charge in [0, 0.05) is 36.1 Å². The lowest BCUT2D eigenvalue weighted by Gasteiger charge is -2.31. The Hall–Kier alpha value is -1.52. The zero-order chi connectivity index (χ0) is 13.4. The molecule has 4 nitrogen and oxygen atoms in total. The Morgan fingerprint density at radius 3 is 2.63 bits per heavy atom. The fourth-order valence-electron chi connectivity index (χ4n) is 2.60. The molecule has 2 heterocycles. The first-order chi connectivity index (χ1) is 9.16. The molecule has 0 atom stereocenters. The van der Waals surface area contributed by atoms with Crippen LogP contribution in [0.4, 0.5) is 11.5 Å². The summed E-state index contributed by atoms with van der Waals surface area (Å²) in [5.41, 5.74) is 12.6. The van der Waals surface area contributed by atoms with Crippen molar-refractivity contribution in [1.82, 2.24) is 4.98 Å². The maximum absolute atomic E-state index is 6.07. The Morgan fingerprint density at radius 1 is 1.16 bits per heavy atom. The Bertz CT molecular complexity index is 606. The topological polar surface area (TPSA) is 68.2 Å². The second-order valence-corrected chi connectivity index (χ2v) is 5.42. The van der Waals surface area contributed by atoms with E-state index in [0.29, 0.717) is 16.8 Å². The van der Waals surface area contributed by atoms with E-state index in [2.05, 4.69) is 9.88 Å². The number of nitrogens with zero attached hydrogens (tertiary/aromatic N) is 2. The number of piperidine rings is 1. The number of aromatic nitrogens is 1. The molecule has 5 heteroatoms. The molecule has 3 rings (SSSR count). The molecule has 19 heavy (non-hydrogen) atoms. The Balaban J connectivity index is 2.07. The first-order valence-electron chi connectivity index (χ1n) is 6.50. The number of anilines is 2. The molecule has 0 radical (unpaired) electrons. The lowest BCUT2D eigenvalue weighted by atomic mass is 10.0. The summed E-state index contributed by atoms with van der Waals surface area (Å²) in [5, 5.41) is 2.61. The van der Waals surface area contributed by atoms with E-state index < -0.39 is 0 Å². The third-order valence-corrected chi connectivity index (χ3v) is 4.08. The molecule has 0 spiro atoms. The number of hydrogen-bond acceptors (Lipinski definition) is 4. The monoisotopic (exact) mass is 276 g/mol. The number of pyridine rings is 1. The van der Waals surface area contributed by atoms with Gasteiger partial charge in [0.2, 0.25) is 0 Å². The summed E-state index contributed by atoms with van der Waals surface area (Å²) in [5.74, 6) is 0.979. The molecule has 2 aromatic rings. The van der Waals surface area contributed by atoms with Gasteiger partial charge >= 0.3 is 0 Å². The summed E-state index contributed by atoms with van der Waals surface area (Å²) in [4.78, 5) is 6.79. The molecule has 4 N–H and O–H groups in total. The zero-order valence-electron chi connectivity index (χ0n) is 10.6. The predicted octanol–water partition coefficient (Wildman–Crippen LogP) is 2.40. The van der Waals surface area contributed by atoms with Gasteiger partial charge in [-0.2, -0.15) is 0 Å².